The van der Waals surface area contributed by atoms with Gasteiger partial charge in [-0.2, -0.15) is 0 Å². The summed E-state index contributed by atoms with van der Waals surface area (Å²) in [6.45, 7) is 0.238. The fourth-order valence-corrected chi connectivity index (χ4v) is 4.79. The summed E-state index contributed by atoms with van der Waals surface area (Å²) in [6.07, 6.45) is 0.398. The van der Waals surface area contributed by atoms with Gasteiger partial charge < -0.3 is 10.2 Å². The predicted molar refractivity (Wildman–Crippen MR) is 143 cm³/mol. The van der Waals surface area contributed by atoms with Crippen LogP contribution in [-0.4, -0.2) is 35.6 Å². The number of carbonyl (C=O) groups is 2. The number of rotatable bonds is 10. The van der Waals surface area contributed by atoms with E-state index < -0.39 is 6.04 Å². The molecular formula is C26H25Cl3N2O2S. The Morgan fingerprint density at radius 3 is 2.21 bits per heavy atom. The molecule has 8 heteroatoms. The molecule has 1 atom stereocenters. The van der Waals surface area contributed by atoms with Crippen LogP contribution in [0.3, 0.4) is 0 Å². The van der Waals surface area contributed by atoms with Crippen LogP contribution in [0.4, 0.5) is 0 Å². The third-order valence-electron chi connectivity index (χ3n) is 5.26. The number of hydrogen-bond acceptors (Lipinski definition) is 3. The summed E-state index contributed by atoms with van der Waals surface area (Å²) in [6, 6.07) is 21.8. The zero-order valence-corrected chi connectivity index (χ0v) is 21.7. The SMILES string of the molecule is CNC(=O)[C@H](Cc1ccccc1)N(Cc1ccc(Cl)c(Cl)c1)C(=O)CSCc1ccc(Cl)cc1. The average molecular weight is 536 g/mol. The van der Waals surface area contributed by atoms with Crippen LogP contribution in [0.2, 0.25) is 15.1 Å². The molecule has 3 rings (SSSR count). The summed E-state index contributed by atoms with van der Waals surface area (Å²) in [7, 11) is 1.58. The Morgan fingerprint density at radius 2 is 1.56 bits per heavy atom. The fraction of sp³-hybridized carbons (Fsp3) is 0.231. The van der Waals surface area contributed by atoms with Gasteiger partial charge in [-0.05, 0) is 41.0 Å². The lowest BCUT2D eigenvalue weighted by atomic mass is 10.0. The number of halogens is 3. The molecule has 0 spiro atoms. The van der Waals surface area contributed by atoms with Gasteiger partial charge in [0.15, 0.2) is 0 Å². The van der Waals surface area contributed by atoms with Gasteiger partial charge in [-0.25, -0.2) is 0 Å². The van der Waals surface area contributed by atoms with Crippen LogP contribution < -0.4 is 5.32 Å². The number of nitrogens with zero attached hydrogens (tertiary/aromatic N) is 1. The van der Waals surface area contributed by atoms with Gasteiger partial charge in [0, 0.05) is 30.8 Å². The molecule has 0 saturated carbocycles. The quantitative estimate of drug-likeness (QED) is 0.333. The normalized spacial score (nSPS) is 11.6. The van der Waals surface area contributed by atoms with Crippen LogP contribution in [0.25, 0.3) is 0 Å². The first-order chi connectivity index (χ1) is 16.4. The molecule has 34 heavy (non-hydrogen) atoms. The van der Waals surface area contributed by atoms with E-state index in [1.54, 1.807) is 24.1 Å². The highest BCUT2D eigenvalue weighted by Gasteiger charge is 2.29. The molecule has 4 nitrogen and oxygen atoms in total. The second kappa shape index (κ2) is 13.1. The highest BCUT2D eigenvalue weighted by atomic mass is 35.5. The Balaban J connectivity index is 1.82. The second-order valence-electron chi connectivity index (χ2n) is 7.71. The lowest BCUT2D eigenvalue weighted by molar-refractivity contribution is -0.139. The first-order valence-corrected chi connectivity index (χ1v) is 13.0. The molecule has 0 aliphatic heterocycles. The average Bonchev–Trinajstić information content (AvgIpc) is 2.84. The summed E-state index contributed by atoms with van der Waals surface area (Å²) in [4.78, 5) is 28.0. The van der Waals surface area contributed by atoms with Crippen molar-refractivity contribution in [1.29, 1.82) is 0 Å². The van der Waals surface area contributed by atoms with Crippen LogP contribution in [0.15, 0.2) is 72.8 Å². The zero-order chi connectivity index (χ0) is 24.5. The molecule has 3 aromatic rings. The van der Waals surface area contributed by atoms with E-state index in [4.69, 9.17) is 34.8 Å². The van der Waals surface area contributed by atoms with E-state index in [2.05, 4.69) is 5.32 Å². The summed E-state index contributed by atoms with van der Waals surface area (Å²) in [5.41, 5.74) is 2.84. The van der Waals surface area contributed by atoms with Gasteiger partial charge in [0.05, 0.1) is 15.8 Å². The summed E-state index contributed by atoms with van der Waals surface area (Å²) >= 11 is 19.7. The largest absolute Gasteiger partial charge is 0.357 e. The Kier molecular flexibility index (Phi) is 10.1. The van der Waals surface area contributed by atoms with Crippen molar-refractivity contribution in [3.8, 4) is 0 Å². The number of nitrogens with one attached hydrogen (secondary N) is 1. The Morgan fingerprint density at radius 1 is 0.882 bits per heavy atom. The monoisotopic (exact) mass is 534 g/mol. The van der Waals surface area contributed by atoms with Crippen molar-refractivity contribution >= 4 is 58.4 Å². The molecule has 3 aromatic carbocycles. The Labute approximate surface area is 219 Å². The van der Waals surface area contributed by atoms with Crippen LogP contribution in [0.1, 0.15) is 16.7 Å². The predicted octanol–water partition coefficient (Wildman–Crippen LogP) is 6.27. The highest BCUT2D eigenvalue weighted by molar-refractivity contribution is 7.99. The standard InChI is InChI=1S/C26H25Cl3N2O2S/c1-30-26(33)24(14-18-5-3-2-4-6-18)31(15-20-9-12-22(28)23(29)13-20)25(32)17-34-16-19-7-10-21(27)11-8-19/h2-13,24H,14-17H2,1H3,(H,30,33)/t24-/m0/s1. The summed E-state index contributed by atoms with van der Waals surface area (Å²) in [5.74, 6) is 0.536. The third-order valence-corrected chi connectivity index (χ3v) is 7.24. The molecule has 2 amide bonds. The lowest BCUT2D eigenvalue weighted by Gasteiger charge is -2.31. The van der Waals surface area contributed by atoms with E-state index in [1.165, 1.54) is 11.8 Å². The van der Waals surface area contributed by atoms with E-state index in [9.17, 15) is 9.59 Å². The van der Waals surface area contributed by atoms with E-state index in [0.29, 0.717) is 27.2 Å². The summed E-state index contributed by atoms with van der Waals surface area (Å²) < 4.78 is 0. The highest BCUT2D eigenvalue weighted by Crippen LogP contribution is 2.25. The molecule has 1 N–H and O–H groups in total. The minimum atomic E-state index is -0.675. The maximum absolute atomic E-state index is 13.4. The Hall–Kier alpha value is -2.18. The van der Waals surface area contributed by atoms with E-state index in [0.717, 1.165) is 16.7 Å². The van der Waals surface area contributed by atoms with Crippen molar-refractivity contribution in [3.63, 3.8) is 0 Å². The van der Waals surface area contributed by atoms with E-state index >= 15 is 0 Å². The van der Waals surface area contributed by atoms with E-state index in [-0.39, 0.29) is 24.1 Å². The van der Waals surface area contributed by atoms with Gasteiger partial charge in [-0.15, -0.1) is 11.8 Å². The van der Waals surface area contributed by atoms with Crippen molar-refractivity contribution in [1.82, 2.24) is 10.2 Å². The molecule has 0 heterocycles. The number of carbonyl (C=O) groups excluding carboxylic acids is 2. The molecular weight excluding hydrogens is 511 g/mol. The summed E-state index contributed by atoms with van der Waals surface area (Å²) in [5, 5.41) is 4.23. The molecule has 0 aliphatic rings. The van der Waals surface area contributed by atoms with Crippen molar-refractivity contribution in [2.75, 3.05) is 12.8 Å². The number of hydrogen-bond donors (Lipinski definition) is 1. The van der Waals surface area contributed by atoms with Crippen LogP contribution in [0.5, 0.6) is 0 Å². The molecule has 0 radical (unpaired) electrons. The van der Waals surface area contributed by atoms with E-state index in [1.807, 2.05) is 60.7 Å². The molecule has 0 unspecified atom stereocenters. The molecule has 0 bridgehead atoms. The zero-order valence-electron chi connectivity index (χ0n) is 18.6. The number of thioether (sulfide) groups is 1. The van der Waals surface area contributed by atoms with Gasteiger partial charge in [-0.3, -0.25) is 9.59 Å². The van der Waals surface area contributed by atoms with Crippen LogP contribution >= 0.6 is 46.6 Å². The smallest absolute Gasteiger partial charge is 0.242 e. The molecule has 0 aliphatic carbocycles. The maximum Gasteiger partial charge on any atom is 0.242 e. The van der Waals surface area contributed by atoms with Crippen LogP contribution in [-0.2, 0) is 28.3 Å². The van der Waals surface area contributed by atoms with Crippen molar-refractivity contribution in [3.05, 3.63) is 105 Å². The first kappa shape index (κ1) is 26.4. The first-order valence-electron chi connectivity index (χ1n) is 10.7. The topological polar surface area (TPSA) is 49.4 Å². The van der Waals surface area contributed by atoms with Gasteiger partial charge in [0.25, 0.3) is 0 Å². The third kappa shape index (κ3) is 7.67. The van der Waals surface area contributed by atoms with Gasteiger partial charge in [0.2, 0.25) is 11.8 Å². The second-order valence-corrected chi connectivity index (χ2v) is 9.95. The van der Waals surface area contributed by atoms with Crippen molar-refractivity contribution < 1.29 is 9.59 Å². The lowest BCUT2D eigenvalue weighted by Crippen LogP contribution is -2.50. The minimum Gasteiger partial charge on any atom is -0.357 e. The fourth-order valence-electron chi connectivity index (χ4n) is 3.47. The van der Waals surface area contributed by atoms with Crippen molar-refractivity contribution in [2.45, 2.75) is 24.8 Å². The van der Waals surface area contributed by atoms with Gasteiger partial charge >= 0.3 is 0 Å². The molecule has 0 fully saturated rings. The molecule has 0 aromatic heterocycles. The number of amides is 2. The Bertz CT molecular complexity index is 1110. The van der Waals surface area contributed by atoms with Crippen LogP contribution in [0, 0.1) is 0 Å². The van der Waals surface area contributed by atoms with Gasteiger partial charge in [-0.1, -0.05) is 83.3 Å². The number of likely N-dealkylation sites (N-methyl/N-ethyl adjacent to an activating group) is 1. The molecule has 178 valence electrons. The van der Waals surface area contributed by atoms with Gasteiger partial charge in [0.1, 0.15) is 6.04 Å². The number of benzene rings is 3. The molecule has 0 saturated heterocycles. The minimum absolute atomic E-state index is 0.130. The maximum atomic E-state index is 13.4. The van der Waals surface area contributed by atoms with Crippen molar-refractivity contribution in [2.24, 2.45) is 0 Å².